The van der Waals surface area contributed by atoms with E-state index in [1.165, 1.54) is 0 Å². The highest BCUT2D eigenvalue weighted by Crippen LogP contribution is 2.24. The van der Waals surface area contributed by atoms with Gasteiger partial charge in [0, 0.05) is 56.2 Å². The molecular formula is C23H28N2O6. The Hall–Kier alpha value is -2.87. The van der Waals surface area contributed by atoms with Gasteiger partial charge in [0.25, 0.3) is 5.91 Å². The molecule has 1 aromatic carbocycles. The Kier molecular flexibility index (Phi) is 6.27. The van der Waals surface area contributed by atoms with E-state index in [2.05, 4.69) is 0 Å². The molecule has 0 saturated carbocycles. The Labute approximate surface area is 180 Å². The van der Waals surface area contributed by atoms with Crippen molar-refractivity contribution in [1.82, 2.24) is 9.80 Å². The molecule has 2 saturated heterocycles. The van der Waals surface area contributed by atoms with Gasteiger partial charge in [-0.2, -0.15) is 0 Å². The first kappa shape index (κ1) is 21.4. The van der Waals surface area contributed by atoms with Crippen LogP contribution in [-0.2, 0) is 20.7 Å². The Balaban J connectivity index is 1.36. The molecule has 2 aliphatic heterocycles. The fraction of sp³-hybridized carbons (Fsp3) is 0.522. The van der Waals surface area contributed by atoms with Crippen LogP contribution in [0.1, 0.15) is 30.4 Å². The Bertz CT molecular complexity index is 1030. The summed E-state index contributed by atoms with van der Waals surface area (Å²) in [6, 6.07) is 5.37. The van der Waals surface area contributed by atoms with Gasteiger partial charge in [-0.25, -0.2) is 4.79 Å². The van der Waals surface area contributed by atoms with Crippen molar-refractivity contribution < 1.29 is 23.5 Å². The average Bonchev–Trinajstić information content (AvgIpc) is 3.33. The summed E-state index contributed by atoms with van der Waals surface area (Å²) in [5.74, 6) is 0.638. The van der Waals surface area contributed by atoms with Gasteiger partial charge < -0.3 is 23.7 Å². The van der Waals surface area contributed by atoms with Crippen molar-refractivity contribution in [3.8, 4) is 5.75 Å². The molecule has 0 N–H and O–H groups in total. The zero-order chi connectivity index (χ0) is 22.0. The van der Waals surface area contributed by atoms with E-state index < -0.39 is 5.63 Å². The fourth-order valence-corrected chi connectivity index (χ4v) is 4.33. The maximum absolute atomic E-state index is 12.7. The topological polar surface area (TPSA) is 89.3 Å². The summed E-state index contributed by atoms with van der Waals surface area (Å²) in [4.78, 5) is 41.2. The summed E-state index contributed by atoms with van der Waals surface area (Å²) in [7, 11) is 1.56. The van der Waals surface area contributed by atoms with Crippen LogP contribution >= 0.6 is 0 Å². The maximum atomic E-state index is 12.7. The number of hydrogen-bond acceptors (Lipinski definition) is 6. The number of piperazine rings is 1. The van der Waals surface area contributed by atoms with Crippen LogP contribution in [0.4, 0.5) is 0 Å². The molecule has 3 heterocycles. The zero-order valence-electron chi connectivity index (χ0n) is 18.0. The molecule has 2 aromatic rings. The molecule has 1 aromatic heterocycles. The average molecular weight is 428 g/mol. The molecular weight excluding hydrogens is 400 g/mol. The molecule has 0 spiro atoms. The van der Waals surface area contributed by atoms with E-state index in [9.17, 15) is 14.4 Å². The van der Waals surface area contributed by atoms with Crippen LogP contribution in [0.3, 0.4) is 0 Å². The molecule has 2 aliphatic rings. The zero-order valence-corrected chi connectivity index (χ0v) is 18.0. The Morgan fingerprint density at radius 3 is 2.58 bits per heavy atom. The van der Waals surface area contributed by atoms with E-state index in [1.807, 2.05) is 19.1 Å². The summed E-state index contributed by atoms with van der Waals surface area (Å²) in [6.45, 7) is 4.56. The molecule has 31 heavy (non-hydrogen) atoms. The van der Waals surface area contributed by atoms with E-state index in [-0.39, 0.29) is 24.3 Å². The van der Waals surface area contributed by atoms with E-state index in [4.69, 9.17) is 13.9 Å². The normalized spacial score (nSPS) is 19.1. The first-order valence-electron chi connectivity index (χ1n) is 10.8. The van der Waals surface area contributed by atoms with Gasteiger partial charge in [0.1, 0.15) is 17.4 Å². The van der Waals surface area contributed by atoms with Crippen molar-refractivity contribution >= 4 is 22.8 Å². The first-order valence-corrected chi connectivity index (χ1v) is 10.8. The van der Waals surface area contributed by atoms with Crippen LogP contribution in [0.15, 0.2) is 27.4 Å². The molecule has 8 nitrogen and oxygen atoms in total. The van der Waals surface area contributed by atoms with Gasteiger partial charge in [0.05, 0.1) is 7.11 Å². The minimum absolute atomic E-state index is 0.0159. The second-order valence-electron chi connectivity index (χ2n) is 8.06. The second-order valence-corrected chi connectivity index (χ2v) is 8.06. The quantitative estimate of drug-likeness (QED) is 0.676. The van der Waals surface area contributed by atoms with Crippen LogP contribution in [0, 0.1) is 6.92 Å². The number of amides is 2. The van der Waals surface area contributed by atoms with E-state index in [0.717, 1.165) is 23.8 Å². The molecule has 0 bridgehead atoms. The van der Waals surface area contributed by atoms with Gasteiger partial charge in [-0.3, -0.25) is 9.59 Å². The third kappa shape index (κ3) is 4.44. The molecule has 8 heteroatoms. The van der Waals surface area contributed by atoms with Crippen molar-refractivity contribution in [1.29, 1.82) is 0 Å². The Morgan fingerprint density at radius 1 is 1.16 bits per heavy atom. The molecule has 0 radical (unpaired) electrons. The lowest BCUT2D eigenvalue weighted by atomic mass is 10.0. The van der Waals surface area contributed by atoms with Gasteiger partial charge in [0.2, 0.25) is 5.91 Å². The maximum Gasteiger partial charge on any atom is 0.339 e. The van der Waals surface area contributed by atoms with Gasteiger partial charge in [0.15, 0.2) is 0 Å². The second kappa shape index (κ2) is 9.09. The smallest absolute Gasteiger partial charge is 0.339 e. The van der Waals surface area contributed by atoms with Crippen molar-refractivity contribution in [3.05, 3.63) is 39.7 Å². The first-order chi connectivity index (χ1) is 15.0. The van der Waals surface area contributed by atoms with E-state index in [1.54, 1.807) is 23.0 Å². The minimum Gasteiger partial charge on any atom is -0.497 e. The molecule has 1 atom stereocenters. The molecule has 0 aliphatic carbocycles. The largest absolute Gasteiger partial charge is 0.497 e. The van der Waals surface area contributed by atoms with Crippen LogP contribution in [-0.4, -0.2) is 67.6 Å². The molecule has 1 unspecified atom stereocenters. The lowest BCUT2D eigenvalue weighted by molar-refractivity contribution is -0.146. The number of methoxy groups -OCH3 is 1. The van der Waals surface area contributed by atoms with Crippen molar-refractivity contribution in [2.45, 2.75) is 38.7 Å². The highest BCUT2D eigenvalue weighted by molar-refractivity contribution is 5.83. The fourth-order valence-electron chi connectivity index (χ4n) is 4.33. The summed E-state index contributed by atoms with van der Waals surface area (Å²) in [5, 5.41) is 0.837. The van der Waals surface area contributed by atoms with E-state index >= 15 is 0 Å². The SMILES string of the molecule is COc1ccc2c(C)c(CCC(=O)N3CCN(C(=O)C4CCCO4)CC3)c(=O)oc2c1. The predicted octanol–water partition coefficient (Wildman–Crippen LogP) is 1.89. The molecule has 2 amide bonds. The molecule has 2 fully saturated rings. The van der Waals surface area contributed by atoms with Crippen LogP contribution in [0.2, 0.25) is 0 Å². The third-order valence-electron chi connectivity index (χ3n) is 6.23. The number of nitrogens with zero attached hydrogens (tertiary/aromatic N) is 2. The highest BCUT2D eigenvalue weighted by atomic mass is 16.5. The van der Waals surface area contributed by atoms with Crippen molar-refractivity contribution in [3.63, 3.8) is 0 Å². The number of rotatable bonds is 5. The van der Waals surface area contributed by atoms with E-state index in [0.29, 0.717) is 56.1 Å². The van der Waals surface area contributed by atoms with Crippen LogP contribution in [0.5, 0.6) is 5.75 Å². The third-order valence-corrected chi connectivity index (χ3v) is 6.23. The number of carbonyl (C=O) groups is 2. The molecule has 166 valence electrons. The van der Waals surface area contributed by atoms with Gasteiger partial charge in [-0.05, 0) is 43.9 Å². The number of benzene rings is 1. The number of hydrogen-bond donors (Lipinski definition) is 0. The number of ether oxygens (including phenoxy) is 2. The highest BCUT2D eigenvalue weighted by Gasteiger charge is 2.31. The lowest BCUT2D eigenvalue weighted by Crippen LogP contribution is -2.52. The predicted molar refractivity (Wildman–Crippen MR) is 114 cm³/mol. The summed E-state index contributed by atoms with van der Waals surface area (Å²) < 4.78 is 16.1. The van der Waals surface area contributed by atoms with Crippen LogP contribution in [0.25, 0.3) is 11.0 Å². The number of carbonyl (C=O) groups excluding carboxylic acids is 2. The minimum atomic E-state index is -0.418. The van der Waals surface area contributed by atoms with Gasteiger partial charge in [-0.15, -0.1) is 0 Å². The monoisotopic (exact) mass is 428 g/mol. The summed E-state index contributed by atoms with van der Waals surface area (Å²) in [6.07, 6.45) is 1.93. The molecule has 4 rings (SSSR count). The van der Waals surface area contributed by atoms with Crippen LogP contribution < -0.4 is 10.4 Å². The summed E-state index contributed by atoms with van der Waals surface area (Å²) in [5.41, 5.74) is 1.41. The number of fused-ring (bicyclic) bond motifs is 1. The lowest BCUT2D eigenvalue weighted by Gasteiger charge is -2.35. The van der Waals surface area contributed by atoms with Gasteiger partial charge >= 0.3 is 5.63 Å². The summed E-state index contributed by atoms with van der Waals surface area (Å²) >= 11 is 0. The number of aryl methyl sites for hydroxylation is 1. The Morgan fingerprint density at radius 2 is 1.90 bits per heavy atom. The van der Waals surface area contributed by atoms with Gasteiger partial charge in [-0.1, -0.05) is 0 Å². The van der Waals surface area contributed by atoms with Crippen molar-refractivity contribution in [2.24, 2.45) is 0 Å². The standard InChI is InChI=1S/C23H28N2O6/c1-15-17-6-5-16(29-2)14-20(17)31-23(28)18(15)7-8-21(26)24-9-11-25(12-10-24)22(27)19-4-3-13-30-19/h5-6,14,19H,3-4,7-13H2,1-2H3. The van der Waals surface area contributed by atoms with Crippen molar-refractivity contribution in [2.75, 3.05) is 39.9 Å².